The first-order chi connectivity index (χ1) is 9.39. The zero-order valence-corrected chi connectivity index (χ0v) is 12.5. The van der Waals surface area contributed by atoms with Crippen molar-refractivity contribution in [3.8, 4) is 0 Å². The number of hydrogen-bond donors (Lipinski definition) is 2. The van der Waals surface area contributed by atoms with Gasteiger partial charge in [0.05, 0.1) is 11.7 Å². The van der Waals surface area contributed by atoms with Crippen LogP contribution in [0.2, 0.25) is 0 Å². The van der Waals surface area contributed by atoms with Gasteiger partial charge in [0.25, 0.3) is 0 Å². The number of nitrogens with zero attached hydrogens (tertiary/aromatic N) is 2. The Balaban J connectivity index is 2.15. The van der Waals surface area contributed by atoms with Crippen LogP contribution in [0.4, 0.5) is 11.5 Å². The number of nitrogens with one attached hydrogen (secondary N) is 1. The second-order valence-corrected chi connectivity index (χ2v) is 6.40. The molecule has 1 aliphatic rings. The molecule has 110 valence electrons. The molecule has 0 bridgehead atoms. The summed E-state index contributed by atoms with van der Waals surface area (Å²) in [5.74, 6) is 0.686. The molecule has 0 aromatic carbocycles. The first-order valence-electron chi connectivity index (χ1n) is 7.16. The smallest absolute Gasteiger partial charge is 0.241 e. The minimum atomic E-state index is -0.547. The number of amides is 1. The fourth-order valence-corrected chi connectivity index (χ4v) is 2.28. The van der Waals surface area contributed by atoms with Gasteiger partial charge in [-0.15, -0.1) is 0 Å². The molecule has 0 aliphatic carbocycles. The van der Waals surface area contributed by atoms with Gasteiger partial charge in [-0.2, -0.15) is 0 Å². The van der Waals surface area contributed by atoms with Crippen molar-refractivity contribution in [3.63, 3.8) is 0 Å². The minimum absolute atomic E-state index is 0.161. The van der Waals surface area contributed by atoms with Gasteiger partial charge >= 0.3 is 0 Å². The zero-order valence-electron chi connectivity index (χ0n) is 12.5. The average molecular weight is 276 g/mol. The number of hydrogen-bond acceptors (Lipinski definition) is 4. The van der Waals surface area contributed by atoms with Crippen LogP contribution < -0.4 is 16.0 Å². The van der Waals surface area contributed by atoms with Crippen molar-refractivity contribution in [3.05, 3.63) is 18.3 Å². The van der Waals surface area contributed by atoms with Gasteiger partial charge in [-0.3, -0.25) is 4.79 Å². The molecule has 1 amide bonds. The number of nitrogens with two attached hydrogens (primary N) is 1. The lowest BCUT2D eigenvalue weighted by atomic mass is 9.87. The van der Waals surface area contributed by atoms with Crippen molar-refractivity contribution in [1.29, 1.82) is 0 Å². The van der Waals surface area contributed by atoms with Crippen molar-refractivity contribution in [1.82, 2.24) is 4.98 Å². The Morgan fingerprint density at radius 2 is 2.05 bits per heavy atom. The molecule has 1 atom stereocenters. The minimum Gasteiger partial charge on any atom is -0.355 e. The predicted octanol–water partition coefficient (Wildman–Crippen LogP) is 1.99. The first kappa shape index (κ1) is 14.8. The summed E-state index contributed by atoms with van der Waals surface area (Å²) in [6, 6.07) is 3.17. The standard InChI is InChI=1S/C15H24N4O/c1-15(2,3)12(16)14(20)18-11-7-6-8-17-13(11)19-9-4-5-10-19/h6-8,12H,4-5,9-10,16H2,1-3H3,(H,18,20)/t12-/m1/s1. The normalized spacial score (nSPS) is 17.1. The van der Waals surface area contributed by atoms with E-state index in [-0.39, 0.29) is 11.3 Å². The summed E-state index contributed by atoms with van der Waals surface area (Å²) >= 11 is 0. The monoisotopic (exact) mass is 276 g/mol. The molecule has 0 radical (unpaired) electrons. The summed E-state index contributed by atoms with van der Waals surface area (Å²) in [7, 11) is 0. The number of carbonyl (C=O) groups is 1. The molecule has 1 aromatic heterocycles. The Bertz CT molecular complexity index is 475. The van der Waals surface area contributed by atoms with E-state index in [0.717, 1.165) is 24.6 Å². The van der Waals surface area contributed by atoms with Crippen molar-refractivity contribution in [2.24, 2.45) is 11.1 Å². The number of carbonyl (C=O) groups excluding carboxylic acids is 1. The summed E-state index contributed by atoms with van der Waals surface area (Å²) in [6.45, 7) is 7.86. The van der Waals surface area contributed by atoms with E-state index >= 15 is 0 Å². The van der Waals surface area contributed by atoms with Crippen LogP contribution in [0.1, 0.15) is 33.6 Å². The summed E-state index contributed by atoms with van der Waals surface area (Å²) in [4.78, 5) is 18.9. The van der Waals surface area contributed by atoms with E-state index in [1.54, 1.807) is 6.20 Å². The highest BCUT2D eigenvalue weighted by Gasteiger charge is 2.28. The van der Waals surface area contributed by atoms with Gasteiger partial charge in [-0.25, -0.2) is 4.98 Å². The first-order valence-corrected chi connectivity index (χ1v) is 7.16. The van der Waals surface area contributed by atoms with Gasteiger partial charge in [0.1, 0.15) is 0 Å². The van der Waals surface area contributed by atoms with Crippen LogP contribution in [0.5, 0.6) is 0 Å². The molecular formula is C15H24N4O. The van der Waals surface area contributed by atoms with Crippen LogP contribution in [0.15, 0.2) is 18.3 Å². The summed E-state index contributed by atoms with van der Waals surface area (Å²) in [6.07, 6.45) is 4.10. The zero-order chi connectivity index (χ0) is 14.8. The lowest BCUT2D eigenvalue weighted by molar-refractivity contribution is -0.119. The molecule has 5 heteroatoms. The van der Waals surface area contributed by atoms with Crippen LogP contribution >= 0.6 is 0 Å². The topological polar surface area (TPSA) is 71.2 Å². The summed E-state index contributed by atoms with van der Waals surface area (Å²) in [5.41, 5.74) is 6.48. The Labute approximate surface area is 120 Å². The van der Waals surface area contributed by atoms with Gasteiger partial charge in [0.15, 0.2) is 5.82 Å². The third-order valence-electron chi connectivity index (χ3n) is 3.67. The lowest BCUT2D eigenvalue weighted by Gasteiger charge is -2.27. The molecule has 1 aromatic rings. The van der Waals surface area contributed by atoms with Crippen LogP contribution in [0.3, 0.4) is 0 Å². The molecule has 0 spiro atoms. The third-order valence-corrected chi connectivity index (χ3v) is 3.67. The van der Waals surface area contributed by atoms with E-state index in [1.165, 1.54) is 12.8 Å². The van der Waals surface area contributed by atoms with E-state index in [2.05, 4.69) is 15.2 Å². The van der Waals surface area contributed by atoms with E-state index in [0.29, 0.717) is 0 Å². The van der Waals surface area contributed by atoms with E-state index < -0.39 is 6.04 Å². The predicted molar refractivity (Wildman–Crippen MR) is 81.7 cm³/mol. The second kappa shape index (κ2) is 5.79. The third kappa shape index (κ3) is 3.28. The highest BCUT2D eigenvalue weighted by atomic mass is 16.2. The van der Waals surface area contributed by atoms with Crippen molar-refractivity contribution in [2.45, 2.75) is 39.7 Å². The largest absolute Gasteiger partial charge is 0.355 e. The van der Waals surface area contributed by atoms with Crippen LogP contribution in [0, 0.1) is 5.41 Å². The van der Waals surface area contributed by atoms with Gasteiger partial charge in [0, 0.05) is 19.3 Å². The van der Waals surface area contributed by atoms with Crippen molar-refractivity contribution in [2.75, 3.05) is 23.3 Å². The average Bonchev–Trinajstić information content (AvgIpc) is 2.91. The molecule has 5 nitrogen and oxygen atoms in total. The molecular weight excluding hydrogens is 252 g/mol. The Morgan fingerprint density at radius 1 is 1.40 bits per heavy atom. The Hall–Kier alpha value is -1.62. The van der Waals surface area contributed by atoms with Crippen LogP contribution in [-0.4, -0.2) is 30.0 Å². The van der Waals surface area contributed by atoms with Gasteiger partial charge in [-0.1, -0.05) is 20.8 Å². The lowest BCUT2D eigenvalue weighted by Crippen LogP contribution is -2.45. The van der Waals surface area contributed by atoms with E-state index in [9.17, 15) is 4.79 Å². The molecule has 1 saturated heterocycles. The maximum Gasteiger partial charge on any atom is 0.241 e. The molecule has 2 rings (SSSR count). The SMILES string of the molecule is CC(C)(C)[C@H](N)C(=O)Nc1cccnc1N1CCCC1. The Morgan fingerprint density at radius 3 is 2.65 bits per heavy atom. The molecule has 3 N–H and O–H groups in total. The highest BCUT2D eigenvalue weighted by molar-refractivity contribution is 5.97. The summed E-state index contributed by atoms with van der Waals surface area (Å²) < 4.78 is 0. The molecule has 1 fully saturated rings. The number of pyridine rings is 1. The fourth-order valence-electron chi connectivity index (χ4n) is 2.28. The van der Waals surface area contributed by atoms with E-state index in [1.807, 2.05) is 32.9 Å². The Kier molecular flexibility index (Phi) is 4.28. The molecule has 0 saturated carbocycles. The number of rotatable bonds is 3. The number of aromatic nitrogens is 1. The van der Waals surface area contributed by atoms with Crippen molar-refractivity contribution >= 4 is 17.4 Å². The molecule has 1 aliphatic heterocycles. The van der Waals surface area contributed by atoms with E-state index in [4.69, 9.17) is 5.73 Å². The molecule has 20 heavy (non-hydrogen) atoms. The van der Waals surface area contributed by atoms with Crippen LogP contribution in [-0.2, 0) is 4.79 Å². The van der Waals surface area contributed by atoms with Gasteiger partial charge in [-0.05, 0) is 30.4 Å². The molecule has 0 unspecified atom stereocenters. The maximum atomic E-state index is 12.2. The second-order valence-electron chi connectivity index (χ2n) is 6.40. The summed E-state index contributed by atoms with van der Waals surface area (Å²) in [5, 5.41) is 2.93. The van der Waals surface area contributed by atoms with Crippen molar-refractivity contribution < 1.29 is 4.79 Å². The maximum absolute atomic E-state index is 12.2. The quantitative estimate of drug-likeness (QED) is 0.885. The molecule has 2 heterocycles. The number of anilines is 2. The van der Waals surface area contributed by atoms with Gasteiger partial charge < -0.3 is 16.0 Å². The highest BCUT2D eigenvalue weighted by Crippen LogP contribution is 2.27. The fraction of sp³-hybridized carbons (Fsp3) is 0.600. The van der Waals surface area contributed by atoms with Crippen LogP contribution in [0.25, 0.3) is 0 Å². The van der Waals surface area contributed by atoms with Gasteiger partial charge in [0.2, 0.25) is 5.91 Å².